The number of hydrogen-bond donors (Lipinski definition) is 1. The number of ketones is 1. The minimum absolute atomic E-state index is 0.256. The first kappa shape index (κ1) is 20.8. The van der Waals surface area contributed by atoms with E-state index in [0.717, 1.165) is 0 Å². The van der Waals surface area contributed by atoms with Crippen molar-refractivity contribution in [3.63, 3.8) is 0 Å². The molecule has 0 heterocycles. The van der Waals surface area contributed by atoms with Crippen molar-refractivity contribution in [2.45, 2.75) is 6.92 Å². The zero-order chi connectivity index (χ0) is 20.5. The van der Waals surface area contributed by atoms with Crippen molar-refractivity contribution in [1.82, 2.24) is 0 Å². The number of carbonyl (C=O) groups excluding carboxylic acids is 2. The number of allylic oxidation sites excluding steroid dienone is 1. The number of nitrogens with one attached hydrogen (secondary N) is 1. The van der Waals surface area contributed by atoms with Crippen LogP contribution in [0.3, 0.4) is 0 Å². The van der Waals surface area contributed by atoms with E-state index in [4.69, 9.17) is 18.9 Å². The van der Waals surface area contributed by atoms with E-state index in [2.05, 4.69) is 5.32 Å². The predicted molar refractivity (Wildman–Crippen MR) is 106 cm³/mol. The van der Waals surface area contributed by atoms with Gasteiger partial charge >= 0.3 is 5.97 Å². The average Bonchev–Trinajstić information content (AvgIpc) is 2.72. The Bertz CT molecular complexity index is 850. The molecule has 0 bridgehead atoms. The first-order chi connectivity index (χ1) is 13.5. The third kappa shape index (κ3) is 5.03. The molecule has 0 aliphatic rings. The first-order valence-corrected chi connectivity index (χ1v) is 8.58. The van der Waals surface area contributed by atoms with Gasteiger partial charge in [-0.25, -0.2) is 4.79 Å². The summed E-state index contributed by atoms with van der Waals surface area (Å²) < 4.78 is 20.7. The van der Waals surface area contributed by atoms with E-state index < -0.39 is 5.97 Å². The highest BCUT2D eigenvalue weighted by Gasteiger charge is 2.15. The lowest BCUT2D eigenvalue weighted by atomic mass is 10.1. The molecule has 0 radical (unpaired) electrons. The number of ether oxygens (including phenoxy) is 4. The maximum absolute atomic E-state index is 12.5. The van der Waals surface area contributed by atoms with Crippen LogP contribution >= 0.6 is 0 Å². The summed E-state index contributed by atoms with van der Waals surface area (Å²) in [7, 11) is 4.47. The van der Waals surface area contributed by atoms with Crippen LogP contribution in [-0.4, -0.2) is 39.7 Å². The van der Waals surface area contributed by atoms with Crippen LogP contribution in [0, 0.1) is 0 Å². The maximum Gasteiger partial charge on any atom is 0.338 e. The molecule has 0 fully saturated rings. The molecule has 0 aromatic heterocycles. The molecule has 0 amide bonds. The van der Waals surface area contributed by atoms with Crippen molar-refractivity contribution < 1.29 is 28.5 Å². The smallest absolute Gasteiger partial charge is 0.338 e. The van der Waals surface area contributed by atoms with Gasteiger partial charge in [0, 0.05) is 23.5 Å². The van der Waals surface area contributed by atoms with Gasteiger partial charge in [-0.05, 0) is 37.3 Å². The number of carbonyl (C=O) groups is 2. The molecule has 0 saturated carbocycles. The highest BCUT2D eigenvalue weighted by molar-refractivity contribution is 6.05. The largest absolute Gasteiger partial charge is 0.493 e. The summed E-state index contributed by atoms with van der Waals surface area (Å²) in [5, 5.41) is 2.97. The monoisotopic (exact) mass is 385 g/mol. The lowest BCUT2D eigenvalue weighted by Gasteiger charge is -2.13. The van der Waals surface area contributed by atoms with E-state index in [1.165, 1.54) is 33.6 Å². The van der Waals surface area contributed by atoms with Gasteiger partial charge in [-0.2, -0.15) is 0 Å². The fourth-order valence-electron chi connectivity index (χ4n) is 2.48. The number of anilines is 1. The standard InChI is InChI=1S/C21H23NO6/c1-5-28-21(24)14-7-6-8-16(11-14)22-10-9-17(23)15-12-18(25-2)20(27-4)19(13-15)26-3/h6-13,22H,5H2,1-4H3/b10-9+. The van der Waals surface area contributed by atoms with Crippen molar-refractivity contribution in [2.24, 2.45) is 0 Å². The molecule has 28 heavy (non-hydrogen) atoms. The topological polar surface area (TPSA) is 83.1 Å². The molecule has 2 aromatic carbocycles. The summed E-state index contributed by atoms with van der Waals surface area (Å²) in [5.74, 6) is 0.554. The summed E-state index contributed by atoms with van der Waals surface area (Å²) >= 11 is 0. The van der Waals surface area contributed by atoms with Crippen LogP contribution in [0.1, 0.15) is 27.6 Å². The van der Waals surface area contributed by atoms with Crippen molar-refractivity contribution in [2.75, 3.05) is 33.3 Å². The van der Waals surface area contributed by atoms with Crippen LogP contribution in [0.2, 0.25) is 0 Å². The molecule has 0 spiro atoms. The normalized spacial score (nSPS) is 10.4. The number of benzene rings is 2. The van der Waals surface area contributed by atoms with Crippen molar-refractivity contribution in [3.8, 4) is 17.2 Å². The van der Waals surface area contributed by atoms with Crippen LogP contribution in [-0.2, 0) is 4.74 Å². The Kier molecular flexibility index (Phi) is 7.45. The van der Waals surface area contributed by atoms with E-state index in [9.17, 15) is 9.59 Å². The summed E-state index contributed by atoms with van der Waals surface area (Å²) in [6.45, 7) is 2.05. The Morgan fingerprint density at radius 2 is 1.64 bits per heavy atom. The zero-order valence-corrected chi connectivity index (χ0v) is 16.3. The van der Waals surface area contributed by atoms with E-state index in [1.807, 2.05) is 0 Å². The van der Waals surface area contributed by atoms with Crippen LogP contribution in [0.4, 0.5) is 5.69 Å². The number of methoxy groups -OCH3 is 3. The van der Waals surface area contributed by atoms with Crippen molar-refractivity contribution in [3.05, 3.63) is 59.8 Å². The van der Waals surface area contributed by atoms with Gasteiger partial charge in [0.1, 0.15) is 0 Å². The Hall–Kier alpha value is -3.48. The van der Waals surface area contributed by atoms with Gasteiger partial charge in [-0.1, -0.05) is 6.07 Å². The van der Waals surface area contributed by atoms with Gasteiger partial charge in [0.25, 0.3) is 0 Å². The lowest BCUT2D eigenvalue weighted by molar-refractivity contribution is 0.0526. The molecule has 0 aliphatic heterocycles. The Morgan fingerprint density at radius 3 is 2.21 bits per heavy atom. The average molecular weight is 385 g/mol. The summed E-state index contributed by atoms with van der Waals surface area (Å²) in [5.41, 5.74) is 1.46. The Balaban J connectivity index is 2.14. The van der Waals surface area contributed by atoms with Crippen LogP contribution < -0.4 is 19.5 Å². The van der Waals surface area contributed by atoms with Gasteiger partial charge in [0.2, 0.25) is 5.75 Å². The quantitative estimate of drug-likeness (QED) is 0.400. The highest BCUT2D eigenvalue weighted by atomic mass is 16.5. The molecule has 2 aromatic rings. The molecule has 7 heteroatoms. The van der Waals surface area contributed by atoms with Gasteiger partial charge in [-0.3, -0.25) is 4.79 Å². The van der Waals surface area contributed by atoms with Crippen LogP contribution in [0.15, 0.2) is 48.7 Å². The Labute approximate surface area is 163 Å². The van der Waals surface area contributed by atoms with Gasteiger partial charge in [0.05, 0.1) is 33.5 Å². The van der Waals surface area contributed by atoms with Gasteiger partial charge < -0.3 is 24.3 Å². The second-order valence-electron chi connectivity index (χ2n) is 5.56. The minimum Gasteiger partial charge on any atom is -0.493 e. The van der Waals surface area contributed by atoms with E-state index >= 15 is 0 Å². The zero-order valence-electron chi connectivity index (χ0n) is 16.3. The SMILES string of the molecule is CCOC(=O)c1cccc(N/C=C/C(=O)c2cc(OC)c(OC)c(OC)c2)c1. The Morgan fingerprint density at radius 1 is 0.964 bits per heavy atom. The predicted octanol–water partition coefficient (Wildman–Crippen LogP) is 3.70. The van der Waals surface area contributed by atoms with E-state index in [-0.39, 0.29) is 5.78 Å². The summed E-state index contributed by atoms with van der Waals surface area (Å²) in [6.07, 6.45) is 2.87. The molecule has 148 valence electrons. The molecule has 0 saturated heterocycles. The molecule has 7 nitrogen and oxygen atoms in total. The van der Waals surface area contributed by atoms with E-state index in [1.54, 1.807) is 43.3 Å². The fourth-order valence-corrected chi connectivity index (χ4v) is 2.48. The second-order valence-corrected chi connectivity index (χ2v) is 5.56. The van der Waals surface area contributed by atoms with E-state index in [0.29, 0.717) is 40.7 Å². The molecular formula is C21H23NO6. The maximum atomic E-state index is 12.5. The summed E-state index contributed by atoms with van der Waals surface area (Å²) in [6, 6.07) is 9.96. The number of hydrogen-bond acceptors (Lipinski definition) is 7. The molecule has 0 aliphatic carbocycles. The summed E-state index contributed by atoms with van der Waals surface area (Å²) in [4.78, 5) is 24.3. The molecule has 0 atom stereocenters. The highest BCUT2D eigenvalue weighted by Crippen LogP contribution is 2.38. The minimum atomic E-state index is -0.399. The number of esters is 1. The molecular weight excluding hydrogens is 362 g/mol. The van der Waals surface area contributed by atoms with Gasteiger partial charge in [-0.15, -0.1) is 0 Å². The van der Waals surface area contributed by atoms with Gasteiger partial charge in [0.15, 0.2) is 17.3 Å². The lowest BCUT2D eigenvalue weighted by Crippen LogP contribution is -2.05. The van der Waals surface area contributed by atoms with Crippen LogP contribution in [0.5, 0.6) is 17.2 Å². The molecule has 2 rings (SSSR count). The second kappa shape index (κ2) is 10.0. The third-order valence-corrected chi connectivity index (χ3v) is 3.81. The third-order valence-electron chi connectivity index (χ3n) is 3.81. The fraction of sp³-hybridized carbons (Fsp3) is 0.238. The van der Waals surface area contributed by atoms with Crippen LogP contribution in [0.25, 0.3) is 0 Å². The van der Waals surface area contributed by atoms with Crippen molar-refractivity contribution >= 4 is 17.4 Å². The van der Waals surface area contributed by atoms with Crippen molar-refractivity contribution in [1.29, 1.82) is 0 Å². The first-order valence-electron chi connectivity index (χ1n) is 8.58. The number of rotatable bonds is 9. The molecule has 1 N–H and O–H groups in total. The molecule has 0 unspecified atom stereocenters.